The lowest BCUT2D eigenvalue weighted by Crippen LogP contribution is -2.02. The quantitative estimate of drug-likeness (QED) is 0.479. The molecule has 0 aromatic rings. The van der Waals surface area contributed by atoms with E-state index in [9.17, 15) is 0 Å². The third-order valence-corrected chi connectivity index (χ3v) is 1.79. The molecule has 1 rings (SSSR count). The highest BCUT2D eigenvalue weighted by Crippen LogP contribution is 2.14. The molecule has 2 heteroatoms. The van der Waals surface area contributed by atoms with E-state index < -0.39 is 0 Å². The van der Waals surface area contributed by atoms with Crippen LogP contribution in [0, 0.1) is 0 Å². The van der Waals surface area contributed by atoms with E-state index >= 15 is 0 Å². The van der Waals surface area contributed by atoms with Gasteiger partial charge >= 0.3 is 0 Å². The fourth-order valence-corrected chi connectivity index (χ4v) is 1.21. The van der Waals surface area contributed by atoms with E-state index in [4.69, 9.17) is 11.8 Å². The molecule has 0 aromatic carbocycles. The van der Waals surface area contributed by atoms with Gasteiger partial charge in [0.2, 0.25) is 0 Å². The molecule has 1 nitrogen and oxygen atoms in total. The van der Waals surface area contributed by atoms with Crippen molar-refractivity contribution in [2.24, 2.45) is 4.51 Å². The summed E-state index contributed by atoms with van der Waals surface area (Å²) in [5, 5.41) is 0. The van der Waals surface area contributed by atoms with Gasteiger partial charge in [0.1, 0.15) is 0 Å². The first-order valence-electron chi connectivity index (χ1n) is 3.10. The van der Waals surface area contributed by atoms with E-state index in [2.05, 4.69) is 4.51 Å². The van der Waals surface area contributed by atoms with Gasteiger partial charge in [-0.15, -0.1) is 0 Å². The summed E-state index contributed by atoms with van der Waals surface area (Å²) in [5.74, 6) is 0. The minimum atomic E-state index is 1.13. The predicted octanol–water partition coefficient (Wildman–Crippen LogP) is 2.55. The summed E-state index contributed by atoms with van der Waals surface area (Å²) in [4.78, 5) is 0. The molecule has 0 aliphatic heterocycles. The Morgan fingerprint density at radius 2 is 1.75 bits per heavy atom. The van der Waals surface area contributed by atoms with Crippen molar-refractivity contribution >= 4 is 17.5 Å². The van der Waals surface area contributed by atoms with Crippen molar-refractivity contribution in [3.8, 4) is 0 Å². The summed E-state index contributed by atoms with van der Waals surface area (Å²) in [6.45, 7) is 0. The molecule has 0 bridgehead atoms. The maximum atomic E-state index is 5.27. The standard InChI is InChI=1S/C6H10ClN/c7-8-6-4-2-1-3-5-6/h1-5H2. The van der Waals surface area contributed by atoms with Crippen molar-refractivity contribution in [2.75, 3.05) is 0 Å². The van der Waals surface area contributed by atoms with E-state index in [0.717, 1.165) is 12.8 Å². The highest BCUT2D eigenvalue weighted by atomic mass is 35.5. The fraction of sp³-hybridized carbons (Fsp3) is 0.833. The zero-order valence-corrected chi connectivity index (χ0v) is 5.62. The van der Waals surface area contributed by atoms with Gasteiger partial charge in [0, 0.05) is 17.5 Å². The van der Waals surface area contributed by atoms with Crippen LogP contribution in [-0.4, -0.2) is 5.71 Å². The van der Waals surface area contributed by atoms with Crippen molar-refractivity contribution < 1.29 is 0 Å². The number of halogens is 1. The zero-order valence-electron chi connectivity index (χ0n) is 4.86. The van der Waals surface area contributed by atoms with Crippen molar-refractivity contribution in [1.82, 2.24) is 0 Å². The van der Waals surface area contributed by atoms with Crippen LogP contribution in [0.1, 0.15) is 32.1 Å². The second-order valence-corrected chi connectivity index (χ2v) is 2.38. The second-order valence-electron chi connectivity index (χ2n) is 2.21. The molecule has 0 radical (unpaired) electrons. The Hall–Kier alpha value is -0.0400. The monoisotopic (exact) mass is 131 g/mol. The van der Waals surface area contributed by atoms with Gasteiger partial charge in [-0.2, -0.15) is 4.51 Å². The molecule has 8 heavy (non-hydrogen) atoms. The summed E-state index contributed by atoms with van der Waals surface area (Å²) in [6.07, 6.45) is 6.18. The largest absolute Gasteiger partial charge is 0.187 e. The van der Waals surface area contributed by atoms with Crippen LogP contribution in [-0.2, 0) is 0 Å². The van der Waals surface area contributed by atoms with Crippen LogP contribution in [0.25, 0.3) is 0 Å². The van der Waals surface area contributed by atoms with Crippen LogP contribution < -0.4 is 0 Å². The Labute approximate surface area is 54.9 Å². The van der Waals surface area contributed by atoms with Gasteiger partial charge in [-0.25, -0.2) is 0 Å². The SMILES string of the molecule is ClN=C1CCCCC1. The highest BCUT2D eigenvalue weighted by Gasteiger charge is 2.04. The van der Waals surface area contributed by atoms with Gasteiger partial charge in [-0.3, -0.25) is 0 Å². The number of rotatable bonds is 0. The van der Waals surface area contributed by atoms with E-state index in [1.54, 1.807) is 0 Å². The molecule has 0 N–H and O–H groups in total. The molecule has 1 fully saturated rings. The molecule has 0 amide bonds. The van der Waals surface area contributed by atoms with Gasteiger partial charge in [-0.1, -0.05) is 6.42 Å². The zero-order chi connectivity index (χ0) is 5.82. The van der Waals surface area contributed by atoms with E-state index in [-0.39, 0.29) is 0 Å². The van der Waals surface area contributed by atoms with E-state index in [0.29, 0.717) is 0 Å². The Balaban J connectivity index is 2.33. The van der Waals surface area contributed by atoms with Gasteiger partial charge in [-0.05, 0) is 25.7 Å². The van der Waals surface area contributed by atoms with Crippen LogP contribution in [0.5, 0.6) is 0 Å². The van der Waals surface area contributed by atoms with Gasteiger partial charge in [0.15, 0.2) is 0 Å². The molecule has 1 aliphatic carbocycles. The van der Waals surface area contributed by atoms with Crippen molar-refractivity contribution in [1.29, 1.82) is 0 Å². The van der Waals surface area contributed by atoms with E-state index in [1.807, 2.05) is 0 Å². The number of hydrogen-bond donors (Lipinski definition) is 0. The van der Waals surface area contributed by atoms with Gasteiger partial charge in [0.05, 0.1) is 0 Å². The molecular weight excluding hydrogens is 122 g/mol. The summed E-state index contributed by atoms with van der Waals surface area (Å²) in [5.41, 5.74) is 1.19. The first kappa shape index (κ1) is 6.09. The summed E-state index contributed by atoms with van der Waals surface area (Å²) >= 11 is 5.27. The minimum absolute atomic E-state index is 1.13. The lowest BCUT2D eigenvalue weighted by molar-refractivity contribution is 0.668. The van der Waals surface area contributed by atoms with Crippen LogP contribution in [0.3, 0.4) is 0 Å². The van der Waals surface area contributed by atoms with Crippen LogP contribution in [0.4, 0.5) is 0 Å². The molecular formula is C6H10ClN. The average Bonchev–Trinajstić information content (AvgIpc) is 1.90. The summed E-state index contributed by atoms with van der Waals surface area (Å²) in [7, 11) is 0. The first-order valence-corrected chi connectivity index (χ1v) is 3.44. The second kappa shape index (κ2) is 3.08. The lowest BCUT2D eigenvalue weighted by Gasteiger charge is -2.09. The van der Waals surface area contributed by atoms with Crippen molar-refractivity contribution in [2.45, 2.75) is 32.1 Å². The van der Waals surface area contributed by atoms with Crippen molar-refractivity contribution in [3.05, 3.63) is 0 Å². The minimum Gasteiger partial charge on any atom is -0.187 e. The smallest absolute Gasteiger partial charge is 0.0364 e. The normalized spacial score (nSPS) is 20.9. The topological polar surface area (TPSA) is 12.4 Å². The predicted molar refractivity (Wildman–Crippen MR) is 36.4 cm³/mol. The number of hydrogen-bond acceptors (Lipinski definition) is 1. The van der Waals surface area contributed by atoms with Gasteiger partial charge < -0.3 is 0 Å². The Kier molecular flexibility index (Phi) is 2.34. The van der Waals surface area contributed by atoms with Crippen molar-refractivity contribution in [3.63, 3.8) is 0 Å². The van der Waals surface area contributed by atoms with Gasteiger partial charge in [0.25, 0.3) is 0 Å². The van der Waals surface area contributed by atoms with Crippen LogP contribution >= 0.6 is 11.8 Å². The maximum absolute atomic E-state index is 5.27. The third kappa shape index (κ3) is 1.48. The lowest BCUT2D eigenvalue weighted by atomic mass is 9.99. The average molecular weight is 132 g/mol. The fourth-order valence-electron chi connectivity index (χ4n) is 1.04. The first-order chi connectivity index (χ1) is 3.93. The van der Waals surface area contributed by atoms with Crippen LogP contribution in [0.15, 0.2) is 4.51 Å². The highest BCUT2D eigenvalue weighted by molar-refractivity contribution is 6.20. The molecule has 1 saturated carbocycles. The Morgan fingerprint density at radius 3 is 2.12 bits per heavy atom. The number of nitrogens with zero attached hydrogens (tertiary/aromatic N) is 1. The van der Waals surface area contributed by atoms with Crippen LogP contribution in [0.2, 0.25) is 0 Å². The van der Waals surface area contributed by atoms with E-state index in [1.165, 1.54) is 25.0 Å². The molecule has 0 spiro atoms. The summed E-state index contributed by atoms with van der Waals surface area (Å²) < 4.78 is 3.64. The molecule has 0 atom stereocenters. The third-order valence-electron chi connectivity index (χ3n) is 1.55. The Morgan fingerprint density at radius 1 is 1.12 bits per heavy atom. The molecule has 0 unspecified atom stereocenters. The maximum Gasteiger partial charge on any atom is 0.0364 e. The molecule has 46 valence electrons. The Bertz CT molecular complexity index is 90.7. The molecule has 0 saturated heterocycles. The summed E-state index contributed by atoms with van der Waals surface area (Å²) in [6, 6.07) is 0. The molecule has 0 aromatic heterocycles. The molecule has 0 heterocycles. The molecule has 1 aliphatic rings.